The van der Waals surface area contributed by atoms with Crippen LogP contribution in [0.3, 0.4) is 0 Å². The Hall–Kier alpha value is -2.41. The molecule has 3 heterocycles. The lowest BCUT2D eigenvalue weighted by Crippen LogP contribution is -2.43. The van der Waals surface area contributed by atoms with E-state index >= 15 is 0 Å². The molecule has 0 spiro atoms. The molecule has 0 bridgehead atoms. The minimum atomic E-state index is -0.105. The van der Waals surface area contributed by atoms with Gasteiger partial charge in [0, 0.05) is 44.6 Å². The second-order valence-electron chi connectivity index (χ2n) is 6.83. The van der Waals surface area contributed by atoms with Crippen molar-refractivity contribution in [3.8, 4) is 0 Å². The highest BCUT2D eigenvalue weighted by Gasteiger charge is 2.32. The molecule has 2 atom stereocenters. The van der Waals surface area contributed by atoms with Crippen molar-refractivity contribution < 1.29 is 4.79 Å². The zero-order chi connectivity index (χ0) is 17.8. The maximum atomic E-state index is 12.5. The van der Waals surface area contributed by atoms with Crippen LogP contribution in [-0.4, -0.2) is 57.8 Å². The Morgan fingerprint density at radius 2 is 2.24 bits per heavy atom. The lowest BCUT2D eigenvalue weighted by atomic mass is 9.86. The van der Waals surface area contributed by atoms with E-state index in [9.17, 15) is 4.79 Å². The summed E-state index contributed by atoms with van der Waals surface area (Å²) in [5.41, 5.74) is 1.93. The number of rotatable bonds is 4. The van der Waals surface area contributed by atoms with Crippen LogP contribution in [-0.2, 0) is 7.05 Å². The molecule has 7 nitrogen and oxygen atoms in total. The van der Waals surface area contributed by atoms with Crippen LogP contribution in [0.5, 0.6) is 0 Å². The van der Waals surface area contributed by atoms with E-state index in [1.54, 1.807) is 17.3 Å². The molecule has 25 heavy (non-hydrogen) atoms. The number of carbonyl (C=O) groups is 1. The molecule has 7 heteroatoms. The normalized spacial score (nSPS) is 21.1. The van der Waals surface area contributed by atoms with Crippen LogP contribution in [0.15, 0.2) is 36.9 Å². The van der Waals surface area contributed by atoms with Crippen molar-refractivity contribution in [2.75, 3.05) is 32.5 Å². The largest absolute Gasteiger partial charge is 0.327 e. The highest BCUT2D eigenvalue weighted by atomic mass is 16.2. The number of nitrogens with one attached hydrogen (secondary N) is 1. The van der Waals surface area contributed by atoms with E-state index in [-0.39, 0.29) is 12.1 Å². The number of hydrogen-bond donors (Lipinski definition) is 1. The van der Waals surface area contributed by atoms with Gasteiger partial charge in [-0.25, -0.2) is 4.79 Å². The molecular formula is C18H26N6O. The third-order valence-electron chi connectivity index (χ3n) is 4.84. The van der Waals surface area contributed by atoms with Gasteiger partial charge >= 0.3 is 6.03 Å². The Labute approximate surface area is 148 Å². The maximum absolute atomic E-state index is 12.5. The van der Waals surface area contributed by atoms with Gasteiger partial charge in [-0.05, 0) is 44.5 Å². The molecule has 1 aliphatic rings. The van der Waals surface area contributed by atoms with Gasteiger partial charge in [0.05, 0.1) is 18.1 Å². The van der Waals surface area contributed by atoms with Crippen LogP contribution in [0, 0.1) is 5.92 Å². The van der Waals surface area contributed by atoms with Gasteiger partial charge in [-0.3, -0.25) is 14.6 Å². The standard InChI is InChI=1S/C18H26N6O/c1-22-9-5-6-14(17(22)15-10-20-24(3)13-15)12-23(2)18(25)21-16-7-4-8-19-11-16/h4,7-8,10-11,13-14,17H,5-6,9,12H2,1-3H3,(H,21,25)/t14-,17+/m0/s1. The first-order valence-electron chi connectivity index (χ1n) is 8.65. The maximum Gasteiger partial charge on any atom is 0.321 e. The molecule has 3 rings (SSSR count). The first kappa shape index (κ1) is 17.4. The number of aryl methyl sites for hydroxylation is 1. The van der Waals surface area contributed by atoms with Gasteiger partial charge in [-0.2, -0.15) is 5.10 Å². The molecule has 1 aliphatic heterocycles. The van der Waals surface area contributed by atoms with Gasteiger partial charge in [-0.1, -0.05) is 0 Å². The lowest BCUT2D eigenvalue weighted by molar-refractivity contribution is 0.101. The van der Waals surface area contributed by atoms with Crippen molar-refractivity contribution in [1.29, 1.82) is 0 Å². The van der Waals surface area contributed by atoms with Crippen LogP contribution in [0.4, 0.5) is 10.5 Å². The summed E-state index contributed by atoms with van der Waals surface area (Å²) in [4.78, 5) is 20.6. The fourth-order valence-corrected chi connectivity index (χ4v) is 3.66. The van der Waals surface area contributed by atoms with Crippen molar-refractivity contribution in [2.24, 2.45) is 13.0 Å². The van der Waals surface area contributed by atoms with Crippen molar-refractivity contribution in [2.45, 2.75) is 18.9 Å². The molecule has 134 valence electrons. The Bertz CT molecular complexity index is 701. The Kier molecular flexibility index (Phi) is 5.33. The van der Waals surface area contributed by atoms with E-state index in [2.05, 4.69) is 33.5 Å². The molecule has 0 saturated carbocycles. The van der Waals surface area contributed by atoms with E-state index in [1.807, 2.05) is 37.1 Å². The summed E-state index contributed by atoms with van der Waals surface area (Å²) >= 11 is 0. The molecule has 1 saturated heterocycles. The monoisotopic (exact) mass is 342 g/mol. The smallest absolute Gasteiger partial charge is 0.321 e. The van der Waals surface area contributed by atoms with Crippen LogP contribution in [0.2, 0.25) is 0 Å². The summed E-state index contributed by atoms with van der Waals surface area (Å²) < 4.78 is 1.84. The molecule has 2 aromatic rings. The van der Waals surface area contributed by atoms with E-state index < -0.39 is 0 Å². The molecule has 1 fully saturated rings. The first-order chi connectivity index (χ1) is 12.0. The van der Waals surface area contributed by atoms with Crippen LogP contribution in [0.25, 0.3) is 0 Å². The molecule has 0 unspecified atom stereocenters. The summed E-state index contributed by atoms with van der Waals surface area (Å²) in [5, 5.41) is 7.22. The zero-order valence-corrected chi connectivity index (χ0v) is 15.1. The number of carbonyl (C=O) groups excluding carboxylic acids is 1. The minimum absolute atomic E-state index is 0.105. The van der Waals surface area contributed by atoms with Crippen LogP contribution < -0.4 is 5.32 Å². The van der Waals surface area contributed by atoms with Gasteiger partial charge in [0.25, 0.3) is 0 Å². The second kappa shape index (κ2) is 7.65. The predicted molar refractivity (Wildman–Crippen MR) is 97.2 cm³/mol. The van der Waals surface area contributed by atoms with Gasteiger partial charge in [0.1, 0.15) is 0 Å². The van der Waals surface area contributed by atoms with Crippen molar-refractivity contribution in [3.05, 3.63) is 42.5 Å². The van der Waals surface area contributed by atoms with Gasteiger partial charge in [0.2, 0.25) is 0 Å². The number of urea groups is 1. The predicted octanol–water partition coefficient (Wildman–Crippen LogP) is 2.36. The number of amides is 2. The Morgan fingerprint density at radius 3 is 2.92 bits per heavy atom. The Balaban J connectivity index is 1.67. The van der Waals surface area contributed by atoms with E-state index in [0.29, 0.717) is 18.2 Å². The number of anilines is 1. The Morgan fingerprint density at radius 1 is 1.40 bits per heavy atom. The van der Waals surface area contributed by atoms with E-state index in [4.69, 9.17) is 0 Å². The summed E-state index contributed by atoms with van der Waals surface area (Å²) in [5.74, 6) is 0.382. The topological polar surface area (TPSA) is 66.3 Å². The average Bonchev–Trinajstić information content (AvgIpc) is 3.01. The third kappa shape index (κ3) is 4.17. The number of aromatic nitrogens is 3. The zero-order valence-electron chi connectivity index (χ0n) is 15.1. The fraction of sp³-hybridized carbons (Fsp3) is 0.500. The number of nitrogens with zero attached hydrogens (tertiary/aromatic N) is 5. The summed E-state index contributed by atoms with van der Waals surface area (Å²) in [6.45, 7) is 1.78. The van der Waals surface area contributed by atoms with Crippen LogP contribution >= 0.6 is 0 Å². The van der Waals surface area contributed by atoms with Crippen molar-refractivity contribution >= 4 is 11.7 Å². The van der Waals surface area contributed by atoms with Gasteiger partial charge in [0.15, 0.2) is 0 Å². The first-order valence-corrected chi connectivity index (χ1v) is 8.65. The molecule has 0 aromatic carbocycles. The number of hydrogen-bond acceptors (Lipinski definition) is 4. The van der Waals surface area contributed by atoms with Gasteiger partial charge < -0.3 is 10.2 Å². The van der Waals surface area contributed by atoms with Gasteiger partial charge in [-0.15, -0.1) is 0 Å². The summed E-state index contributed by atoms with van der Waals surface area (Å²) in [7, 11) is 5.94. The van der Waals surface area contributed by atoms with E-state index in [0.717, 1.165) is 19.4 Å². The van der Waals surface area contributed by atoms with E-state index in [1.165, 1.54) is 5.56 Å². The van der Waals surface area contributed by atoms with Crippen molar-refractivity contribution in [3.63, 3.8) is 0 Å². The summed E-state index contributed by atoms with van der Waals surface area (Å²) in [6.07, 6.45) is 9.61. The molecule has 2 aromatic heterocycles. The average molecular weight is 342 g/mol. The molecular weight excluding hydrogens is 316 g/mol. The molecule has 2 amide bonds. The van der Waals surface area contributed by atoms with Crippen molar-refractivity contribution in [1.82, 2.24) is 24.6 Å². The molecule has 0 aliphatic carbocycles. The SMILES string of the molecule is CN(C[C@@H]1CCCN(C)[C@H]1c1cnn(C)c1)C(=O)Nc1cccnc1. The fourth-order valence-electron chi connectivity index (χ4n) is 3.66. The lowest BCUT2D eigenvalue weighted by Gasteiger charge is -2.40. The second-order valence-corrected chi connectivity index (χ2v) is 6.83. The number of piperidine rings is 1. The summed E-state index contributed by atoms with van der Waals surface area (Å²) in [6, 6.07) is 3.83. The number of pyridine rings is 1. The highest BCUT2D eigenvalue weighted by molar-refractivity contribution is 5.88. The molecule has 1 N–H and O–H groups in total. The minimum Gasteiger partial charge on any atom is -0.327 e. The number of likely N-dealkylation sites (tertiary alicyclic amines) is 1. The third-order valence-corrected chi connectivity index (χ3v) is 4.84. The quantitative estimate of drug-likeness (QED) is 0.926. The highest BCUT2D eigenvalue weighted by Crippen LogP contribution is 2.35. The van der Waals surface area contributed by atoms with Crippen LogP contribution in [0.1, 0.15) is 24.4 Å². The molecule has 0 radical (unpaired) electrons.